The summed E-state index contributed by atoms with van der Waals surface area (Å²) in [6.07, 6.45) is 0.728. The van der Waals surface area contributed by atoms with Gasteiger partial charge in [-0.05, 0) is 57.6 Å². The fourth-order valence-electron chi connectivity index (χ4n) is 3.09. The Balaban J connectivity index is 1.40. The zero-order chi connectivity index (χ0) is 19.7. The van der Waals surface area contributed by atoms with Crippen LogP contribution >= 0.6 is 0 Å². The predicted molar refractivity (Wildman–Crippen MR) is 102 cm³/mol. The molecule has 2 fully saturated rings. The van der Waals surface area contributed by atoms with E-state index in [0.717, 1.165) is 5.56 Å². The van der Waals surface area contributed by atoms with Gasteiger partial charge >= 0.3 is 13.2 Å². The van der Waals surface area contributed by atoms with Crippen LogP contribution < -0.4 is 5.32 Å². The molecule has 1 N–H and O–H groups in total. The number of allylic oxidation sites excluding steroid dienone is 1. The molecule has 0 unspecified atom stereocenters. The van der Waals surface area contributed by atoms with E-state index in [1.807, 2.05) is 58.0 Å². The SMILES string of the molecule is CC1(C)OB(C(F)=C2CC(CNC(=O)OCc3ccccc3)C2)OC1(C)C. The molecule has 1 aromatic rings. The van der Waals surface area contributed by atoms with E-state index >= 15 is 0 Å². The van der Waals surface area contributed by atoms with E-state index in [-0.39, 0.29) is 18.3 Å². The van der Waals surface area contributed by atoms with Crippen LogP contribution in [0.1, 0.15) is 46.1 Å². The maximum Gasteiger partial charge on any atom is 0.525 e. The number of halogens is 1. The van der Waals surface area contributed by atoms with Gasteiger partial charge in [0.25, 0.3) is 0 Å². The van der Waals surface area contributed by atoms with Crippen molar-refractivity contribution in [1.29, 1.82) is 0 Å². The quantitative estimate of drug-likeness (QED) is 0.785. The van der Waals surface area contributed by atoms with E-state index in [9.17, 15) is 9.18 Å². The molecule has 1 saturated carbocycles. The molecule has 3 rings (SSSR count). The number of rotatable bonds is 5. The van der Waals surface area contributed by atoms with E-state index in [4.69, 9.17) is 14.0 Å². The number of ether oxygens (including phenoxy) is 1. The lowest BCUT2D eigenvalue weighted by molar-refractivity contribution is 0.00578. The zero-order valence-electron chi connectivity index (χ0n) is 16.4. The average Bonchev–Trinajstić information content (AvgIpc) is 2.80. The molecule has 0 spiro atoms. The van der Waals surface area contributed by atoms with Gasteiger partial charge in [0.1, 0.15) is 12.3 Å². The zero-order valence-corrected chi connectivity index (χ0v) is 16.4. The normalized spacial score (nSPS) is 22.9. The number of hydrogen-bond acceptors (Lipinski definition) is 4. The number of amides is 1. The molecule has 146 valence electrons. The maximum atomic E-state index is 14.6. The monoisotopic (exact) mass is 375 g/mol. The first-order chi connectivity index (χ1) is 12.7. The van der Waals surface area contributed by atoms with E-state index in [1.54, 1.807) is 0 Å². The van der Waals surface area contributed by atoms with Crippen LogP contribution in [0, 0.1) is 5.92 Å². The lowest BCUT2D eigenvalue weighted by atomic mass is 9.72. The third-order valence-electron chi connectivity index (χ3n) is 5.62. The molecule has 1 aliphatic carbocycles. The highest BCUT2D eigenvalue weighted by Crippen LogP contribution is 2.42. The van der Waals surface area contributed by atoms with Crippen molar-refractivity contribution in [3.63, 3.8) is 0 Å². The Labute approximate surface area is 160 Å². The number of carbonyl (C=O) groups is 1. The fourth-order valence-corrected chi connectivity index (χ4v) is 3.09. The van der Waals surface area contributed by atoms with Crippen LogP contribution in [0.3, 0.4) is 0 Å². The first kappa shape index (κ1) is 19.9. The fraction of sp³-hybridized carbons (Fsp3) is 0.550. The standard InChI is InChI=1S/C20H27BFNO4/c1-19(2)20(3,4)27-21(26-19)17(22)16-10-15(11-16)12-23-18(24)25-13-14-8-6-5-7-9-14/h5-9,15H,10-13H2,1-4H3,(H,23,24). The van der Waals surface area contributed by atoms with E-state index in [1.165, 1.54) is 0 Å². The smallest absolute Gasteiger partial charge is 0.445 e. The Hall–Kier alpha value is -1.86. The minimum Gasteiger partial charge on any atom is -0.445 e. The molecule has 1 aromatic carbocycles. The van der Waals surface area contributed by atoms with Gasteiger partial charge in [0, 0.05) is 6.54 Å². The van der Waals surface area contributed by atoms with Gasteiger partial charge in [0.2, 0.25) is 0 Å². The summed E-state index contributed by atoms with van der Waals surface area (Å²) in [5, 5.41) is 2.74. The molecule has 1 saturated heterocycles. The van der Waals surface area contributed by atoms with Gasteiger partial charge in [-0.15, -0.1) is 0 Å². The van der Waals surface area contributed by atoms with Crippen LogP contribution in [0.25, 0.3) is 0 Å². The van der Waals surface area contributed by atoms with Gasteiger partial charge < -0.3 is 19.4 Å². The first-order valence-corrected chi connectivity index (χ1v) is 9.35. The number of carbonyl (C=O) groups excluding carboxylic acids is 1. The van der Waals surface area contributed by atoms with Gasteiger partial charge in [0.05, 0.1) is 11.2 Å². The van der Waals surface area contributed by atoms with E-state index in [2.05, 4.69) is 5.32 Å². The van der Waals surface area contributed by atoms with Crippen molar-refractivity contribution in [1.82, 2.24) is 5.32 Å². The summed E-state index contributed by atoms with van der Waals surface area (Å²) in [5.41, 5.74) is 0.214. The van der Waals surface area contributed by atoms with Crippen LogP contribution in [0.2, 0.25) is 0 Å². The summed E-state index contributed by atoms with van der Waals surface area (Å²) in [6, 6.07) is 9.50. The Morgan fingerprint density at radius 1 is 1.19 bits per heavy atom. The lowest BCUT2D eigenvalue weighted by Crippen LogP contribution is -2.41. The first-order valence-electron chi connectivity index (χ1n) is 9.35. The molecule has 1 heterocycles. The molecule has 7 heteroatoms. The van der Waals surface area contributed by atoms with Crippen molar-refractivity contribution in [3.05, 3.63) is 47.2 Å². The summed E-state index contributed by atoms with van der Waals surface area (Å²) in [7, 11) is -0.935. The van der Waals surface area contributed by atoms with Crippen LogP contribution in [-0.2, 0) is 20.7 Å². The molecule has 2 aliphatic rings. The Morgan fingerprint density at radius 2 is 1.78 bits per heavy atom. The van der Waals surface area contributed by atoms with Gasteiger partial charge in [-0.3, -0.25) is 0 Å². The number of hydrogen-bond donors (Lipinski definition) is 1. The minimum absolute atomic E-state index is 0.206. The summed E-state index contributed by atoms with van der Waals surface area (Å²) in [6.45, 7) is 8.31. The molecule has 27 heavy (non-hydrogen) atoms. The second kappa shape index (κ2) is 7.64. The second-order valence-electron chi connectivity index (χ2n) is 8.26. The highest BCUT2D eigenvalue weighted by atomic mass is 19.1. The topological polar surface area (TPSA) is 56.8 Å². The number of nitrogens with one attached hydrogen (secondary N) is 1. The van der Waals surface area contributed by atoms with Crippen molar-refractivity contribution < 1.29 is 23.2 Å². The lowest BCUT2D eigenvalue weighted by Gasteiger charge is -2.32. The summed E-state index contributed by atoms with van der Waals surface area (Å²) in [5.74, 6) is 0.206. The van der Waals surface area contributed by atoms with Gasteiger partial charge in [0.15, 0.2) is 0 Å². The number of alkyl carbamates (subject to hydrolysis) is 1. The summed E-state index contributed by atoms with van der Waals surface area (Å²) < 4.78 is 31.3. The van der Waals surface area contributed by atoms with Crippen molar-refractivity contribution in [2.24, 2.45) is 5.92 Å². The molecule has 1 aliphatic heterocycles. The van der Waals surface area contributed by atoms with Gasteiger partial charge in [-0.25, -0.2) is 9.18 Å². The molecule has 0 atom stereocenters. The van der Waals surface area contributed by atoms with Crippen molar-refractivity contribution in [3.8, 4) is 0 Å². The van der Waals surface area contributed by atoms with Crippen molar-refractivity contribution in [2.45, 2.75) is 58.3 Å². The van der Waals surface area contributed by atoms with Gasteiger partial charge in [-0.2, -0.15) is 0 Å². The number of benzene rings is 1. The van der Waals surface area contributed by atoms with E-state index in [0.29, 0.717) is 25.0 Å². The summed E-state index contributed by atoms with van der Waals surface area (Å²) >= 11 is 0. The third-order valence-corrected chi connectivity index (χ3v) is 5.62. The van der Waals surface area contributed by atoms with Crippen LogP contribution in [0.15, 0.2) is 41.6 Å². The highest BCUT2D eigenvalue weighted by molar-refractivity contribution is 6.53. The Morgan fingerprint density at radius 3 is 2.37 bits per heavy atom. The molecule has 0 radical (unpaired) electrons. The van der Waals surface area contributed by atoms with Crippen molar-refractivity contribution >= 4 is 13.2 Å². The van der Waals surface area contributed by atoms with E-state index < -0.39 is 24.4 Å². The van der Waals surface area contributed by atoms with Crippen LogP contribution in [0.5, 0.6) is 0 Å². The minimum atomic E-state index is -0.935. The Kier molecular flexibility index (Phi) is 5.63. The highest BCUT2D eigenvalue weighted by Gasteiger charge is 2.54. The molecule has 5 nitrogen and oxygen atoms in total. The van der Waals surface area contributed by atoms with Crippen LogP contribution in [-0.4, -0.2) is 31.0 Å². The predicted octanol–water partition coefficient (Wildman–Crippen LogP) is 4.18. The Bertz CT molecular complexity index is 696. The summed E-state index contributed by atoms with van der Waals surface area (Å²) in [4.78, 5) is 11.8. The largest absolute Gasteiger partial charge is 0.525 e. The molecule has 1 amide bonds. The molecular weight excluding hydrogens is 348 g/mol. The third kappa shape index (κ3) is 4.53. The van der Waals surface area contributed by atoms with Crippen molar-refractivity contribution in [2.75, 3.05) is 6.54 Å². The second-order valence-corrected chi connectivity index (χ2v) is 8.26. The average molecular weight is 375 g/mol. The molecular formula is C20H27BFNO4. The molecule has 0 bridgehead atoms. The maximum absolute atomic E-state index is 14.6. The molecule has 0 aromatic heterocycles. The van der Waals surface area contributed by atoms with Crippen LogP contribution in [0.4, 0.5) is 9.18 Å². The van der Waals surface area contributed by atoms with Gasteiger partial charge in [-0.1, -0.05) is 30.3 Å².